The number of nitrogens with one attached hydrogen (secondary N) is 1. The van der Waals surface area contributed by atoms with Crippen molar-refractivity contribution in [3.63, 3.8) is 0 Å². The molecule has 6 heteroatoms. The van der Waals surface area contributed by atoms with E-state index in [-0.39, 0.29) is 11.8 Å². The summed E-state index contributed by atoms with van der Waals surface area (Å²) in [5, 5.41) is 6.06. The number of nitrogens with two attached hydrogens (primary N) is 1. The van der Waals surface area contributed by atoms with Crippen LogP contribution in [-0.2, 0) is 11.3 Å². The van der Waals surface area contributed by atoms with Crippen LogP contribution in [-0.4, -0.2) is 21.9 Å². The minimum Gasteiger partial charge on any atom is -0.349 e. The Kier molecular flexibility index (Phi) is 4.81. The van der Waals surface area contributed by atoms with Crippen LogP contribution in [0.4, 0.5) is 0 Å². The van der Waals surface area contributed by atoms with Gasteiger partial charge in [-0.1, -0.05) is 6.42 Å². The Morgan fingerprint density at radius 3 is 2.68 bits per heavy atom. The number of hydrogen-bond acceptors (Lipinski definition) is 5. The van der Waals surface area contributed by atoms with Crippen molar-refractivity contribution in [1.82, 2.24) is 15.3 Å². The summed E-state index contributed by atoms with van der Waals surface area (Å²) >= 11 is 1.58. The number of aromatic nitrogens is 2. The molecule has 2 unspecified atom stereocenters. The van der Waals surface area contributed by atoms with Crippen LogP contribution in [0.25, 0.3) is 11.3 Å². The number of fused-ring (bicyclic) bond motifs is 2. The van der Waals surface area contributed by atoms with Gasteiger partial charge in [-0.15, -0.1) is 11.3 Å². The van der Waals surface area contributed by atoms with E-state index >= 15 is 0 Å². The molecule has 0 aromatic carbocycles. The zero-order chi connectivity index (χ0) is 17.2. The van der Waals surface area contributed by atoms with E-state index in [0.717, 1.165) is 29.1 Å². The summed E-state index contributed by atoms with van der Waals surface area (Å²) in [6, 6.07) is 4.20. The summed E-state index contributed by atoms with van der Waals surface area (Å²) < 4.78 is 0. The third-order valence-corrected chi connectivity index (χ3v) is 6.57. The van der Waals surface area contributed by atoms with E-state index in [1.165, 1.54) is 19.3 Å². The van der Waals surface area contributed by atoms with E-state index in [0.29, 0.717) is 24.4 Å². The van der Waals surface area contributed by atoms with E-state index in [4.69, 9.17) is 5.73 Å². The van der Waals surface area contributed by atoms with Gasteiger partial charge in [0.15, 0.2) is 0 Å². The van der Waals surface area contributed by atoms with Crippen LogP contribution in [0.5, 0.6) is 0 Å². The maximum Gasteiger partial charge on any atom is 0.223 e. The van der Waals surface area contributed by atoms with Crippen molar-refractivity contribution in [2.45, 2.75) is 44.7 Å². The van der Waals surface area contributed by atoms with E-state index < -0.39 is 0 Å². The van der Waals surface area contributed by atoms with Crippen LogP contribution in [0.2, 0.25) is 0 Å². The molecule has 2 heterocycles. The summed E-state index contributed by atoms with van der Waals surface area (Å²) in [7, 11) is 0. The van der Waals surface area contributed by atoms with Crippen molar-refractivity contribution in [2.24, 2.45) is 23.5 Å². The van der Waals surface area contributed by atoms with E-state index in [1.807, 2.05) is 17.5 Å². The normalized spacial score (nSPS) is 28.5. The third kappa shape index (κ3) is 3.60. The molecule has 0 aliphatic heterocycles. The lowest BCUT2D eigenvalue weighted by molar-refractivity contribution is -0.128. The monoisotopic (exact) mass is 356 g/mol. The molecule has 3 N–H and O–H groups in total. The number of amides is 1. The topological polar surface area (TPSA) is 80.9 Å². The Labute approximate surface area is 152 Å². The summed E-state index contributed by atoms with van der Waals surface area (Å²) in [6.07, 6.45) is 9.07. The van der Waals surface area contributed by atoms with Crippen molar-refractivity contribution in [3.05, 3.63) is 34.9 Å². The van der Waals surface area contributed by atoms with Crippen molar-refractivity contribution in [3.8, 4) is 11.3 Å². The minimum atomic E-state index is 0.120. The molecule has 2 fully saturated rings. The van der Waals surface area contributed by atoms with Gasteiger partial charge in [0.1, 0.15) is 5.01 Å². The second-order valence-electron chi connectivity index (χ2n) is 7.28. The molecule has 0 saturated heterocycles. The van der Waals surface area contributed by atoms with Gasteiger partial charge < -0.3 is 11.1 Å². The smallest absolute Gasteiger partial charge is 0.223 e. The molecule has 2 aliphatic rings. The number of carbonyl (C=O) groups excluding carboxylic acids is 1. The molecule has 2 atom stereocenters. The number of carbonyl (C=O) groups is 1. The zero-order valence-corrected chi connectivity index (χ0v) is 15.0. The second-order valence-corrected chi connectivity index (χ2v) is 8.22. The molecule has 25 heavy (non-hydrogen) atoms. The first-order chi connectivity index (χ1) is 12.2. The highest BCUT2D eigenvalue weighted by molar-refractivity contribution is 7.09. The molecule has 2 saturated carbocycles. The fraction of sp³-hybridized carbons (Fsp3) is 0.526. The van der Waals surface area contributed by atoms with Crippen LogP contribution in [0.3, 0.4) is 0 Å². The molecular formula is C19H24N4OS. The highest BCUT2D eigenvalue weighted by atomic mass is 32.1. The summed E-state index contributed by atoms with van der Waals surface area (Å²) in [5.74, 6) is 1.35. The van der Waals surface area contributed by atoms with Crippen molar-refractivity contribution in [1.29, 1.82) is 0 Å². The van der Waals surface area contributed by atoms with Gasteiger partial charge in [0.05, 0.1) is 12.2 Å². The van der Waals surface area contributed by atoms with Gasteiger partial charge in [0, 0.05) is 35.3 Å². The van der Waals surface area contributed by atoms with Crippen LogP contribution in [0, 0.1) is 17.8 Å². The molecule has 0 spiro atoms. The van der Waals surface area contributed by atoms with E-state index in [9.17, 15) is 4.79 Å². The van der Waals surface area contributed by atoms with Crippen LogP contribution in [0.1, 0.15) is 37.1 Å². The standard InChI is InChI=1S/C19H24N4OS/c20-18-13-2-1-3-14(18)9-15(8-13)19(24)22-10-17-23-16(11-25-17)12-4-6-21-7-5-12/h4-7,11,13-15,18H,1-3,8-10,20H2,(H,22,24). The lowest BCUT2D eigenvalue weighted by Gasteiger charge is -2.43. The average Bonchev–Trinajstić information content (AvgIpc) is 3.09. The first-order valence-electron chi connectivity index (χ1n) is 9.09. The number of thiazole rings is 1. The molecule has 2 bridgehead atoms. The fourth-order valence-corrected chi connectivity index (χ4v) is 5.10. The van der Waals surface area contributed by atoms with Gasteiger partial charge in [0.25, 0.3) is 0 Å². The highest BCUT2D eigenvalue weighted by Crippen LogP contribution is 2.41. The van der Waals surface area contributed by atoms with Crippen LogP contribution in [0.15, 0.2) is 29.9 Å². The van der Waals surface area contributed by atoms with Crippen molar-refractivity contribution < 1.29 is 4.79 Å². The Hall–Kier alpha value is -1.79. The van der Waals surface area contributed by atoms with Crippen molar-refractivity contribution >= 4 is 17.2 Å². The summed E-state index contributed by atoms with van der Waals surface area (Å²) in [4.78, 5) is 21.3. The maximum absolute atomic E-state index is 12.6. The van der Waals surface area contributed by atoms with Gasteiger partial charge in [-0.2, -0.15) is 0 Å². The van der Waals surface area contributed by atoms with Gasteiger partial charge in [-0.25, -0.2) is 4.98 Å². The lowest BCUT2D eigenvalue weighted by Crippen LogP contribution is -2.49. The van der Waals surface area contributed by atoms with E-state index in [2.05, 4.69) is 15.3 Å². The Balaban J connectivity index is 1.34. The van der Waals surface area contributed by atoms with Gasteiger partial charge in [-0.3, -0.25) is 9.78 Å². The molecule has 1 amide bonds. The zero-order valence-electron chi connectivity index (χ0n) is 14.2. The van der Waals surface area contributed by atoms with Crippen LogP contribution < -0.4 is 11.1 Å². The fourth-order valence-electron chi connectivity index (χ4n) is 4.36. The third-order valence-electron chi connectivity index (χ3n) is 5.73. The summed E-state index contributed by atoms with van der Waals surface area (Å²) in [5.41, 5.74) is 8.32. The molecule has 2 aromatic heterocycles. The number of pyridine rings is 1. The second kappa shape index (κ2) is 7.22. The Bertz CT molecular complexity index is 718. The maximum atomic E-state index is 12.6. The van der Waals surface area contributed by atoms with Crippen LogP contribution >= 0.6 is 11.3 Å². The number of rotatable bonds is 4. The molecule has 132 valence electrons. The predicted molar refractivity (Wildman–Crippen MR) is 98.7 cm³/mol. The van der Waals surface area contributed by atoms with Crippen molar-refractivity contribution in [2.75, 3.05) is 0 Å². The minimum absolute atomic E-state index is 0.120. The largest absolute Gasteiger partial charge is 0.349 e. The van der Waals surface area contributed by atoms with Gasteiger partial charge in [0.2, 0.25) is 5.91 Å². The molecular weight excluding hydrogens is 332 g/mol. The number of hydrogen-bond donors (Lipinski definition) is 2. The molecule has 0 radical (unpaired) electrons. The Morgan fingerprint density at radius 2 is 1.96 bits per heavy atom. The molecule has 4 rings (SSSR count). The Morgan fingerprint density at radius 1 is 1.24 bits per heavy atom. The highest BCUT2D eigenvalue weighted by Gasteiger charge is 2.40. The molecule has 2 aromatic rings. The van der Waals surface area contributed by atoms with Gasteiger partial charge >= 0.3 is 0 Å². The first kappa shape index (κ1) is 16.7. The quantitative estimate of drug-likeness (QED) is 0.882. The van der Waals surface area contributed by atoms with E-state index in [1.54, 1.807) is 23.7 Å². The first-order valence-corrected chi connectivity index (χ1v) is 9.97. The lowest BCUT2D eigenvalue weighted by atomic mass is 9.65. The number of nitrogens with zero attached hydrogens (tertiary/aromatic N) is 2. The van der Waals surface area contributed by atoms with Gasteiger partial charge in [-0.05, 0) is 49.7 Å². The predicted octanol–water partition coefficient (Wildman–Crippen LogP) is 2.97. The molecule has 2 aliphatic carbocycles. The molecule has 5 nitrogen and oxygen atoms in total. The average molecular weight is 356 g/mol. The summed E-state index contributed by atoms with van der Waals surface area (Å²) in [6.45, 7) is 0.506. The SMILES string of the molecule is NC1C2CCCC1CC(C(=O)NCc1nc(-c3ccncc3)cs1)C2.